The third-order valence-electron chi connectivity index (χ3n) is 8.26. The molecular formula is C36H58Cl3NO8. The molecule has 0 radical (unpaired) electrons. The molecule has 0 saturated carbocycles. The highest BCUT2D eigenvalue weighted by atomic mass is 35.6. The molecule has 1 aromatic carbocycles. The summed E-state index contributed by atoms with van der Waals surface area (Å²) in [6.07, 6.45) is 12.0. The van der Waals surface area contributed by atoms with Gasteiger partial charge in [-0.15, -0.1) is 0 Å². The van der Waals surface area contributed by atoms with E-state index >= 15 is 0 Å². The second kappa shape index (κ2) is 25.6. The number of aliphatic hydroxyl groups excluding tert-OH is 1. The van der Waals surface area contributed by atoms with E-state index in [1.807, 2.05) is 37.3 Å². The van der Waals surface area contributed by atoms with Gasteiger partial charge in [0, 0.05) is 13.0 Å². The number of carbonyl (C=O) groups excluding carboxylic acids is 2. The SMILES string of the molecule is CCCCCCCCCCCCCCCC(=O)OC1[C@H](O)C(COCCCC)O[C@H](OCc2ccccc2)[C@H]1NC(=O)OCC(Cl)(Cl)Cl. The Morgan fingerprint density at radius 2 is 1.44 bits per heavy atom. The molecule has 1 aromatic rings. The molecule has 2 N–H and O–H groups in total. The lowest BCUT2D eigenvalue weighted by atomic mass is 9.96. The molecule has 1 amide bonds. The zero-order chi connectivity index (χ0) is 35.0. The van der Waals surface area contributed by atoms with Crippen LogP contribution in [0.2, 0.25) is 0 Å². The van der Waals surface area contributed by atoms with Gasteiger partial charge in [-0.1, -0.05) is 162 Å². The number of amides is 1. The minimum absolute atomic E-state index is 0.0453. The fraction of sp³-hybridized carbons (Fsp3) is 0.778. The van der Waals surface area contributed by atoms with Crippen LogP contribution in [0.4, 0.5) is 4.79 Å². The third kappa shape index (κ3) is 19.2. The molecule has 1 fully saturated rings. The van der Waals surface area contributed by atoms with Gasteiger partial charge >= 0.3 is 12.1 Å². The number of nitrogens with one attached hydrogen (secondary N) is 1. The van der Waals surface area contributed by atoms with Crippen molar-refractivity contribution in [3.8, 4) is 0 Å². The Hall–Kier alpha value is -1.33. The normalized spacial score (nSPS) is 21.2. The van der Waals surface area contributed by atoms with Crippen LogP contribution >= 0.6 is 34.8 Å². The summed E-state index contributed by atoms with van der Waals surface area (Å²) < 4.78 is 27.1. The molecule has 9 nitrogen and oxygen atoms in total. The van der Waals surface area contributed by atoms with Crippen LogP contribution in [0.25, 0.3) is 0 Å². The summed E-state index contributed by atoms with van der Waals surface area (Å²) in [5.41, 5.74) is 0.858. The summed E-state index contributed by atoms with van der Waals surface area (Å²) in [4.78, 5) is 25.9. The number of unbranched alkanes of at least 4 members (excludes halogenated alkanes) is 13. The van der Waals surface area contributed by atoms with Gasteiger partial charge < -0.3 is 34.1 Å². The molecule has 0 aliphatic carbocycles. The molecule has 12 heteroatoms. The Morgan fingerprint density at radius 3 is 2.02 bits per heavy atom. The monoisotopic (exact) mass is 737 g/mol. The number of aliphatic hydroxyl groups is 1. The summed E-state index contributed by atoms with van der Waals surface area (Å²) in [6, 6.07) is 8.27. The Kier molecular flexibility index (Phi) is 22.8. The van der Waals surface area contributed by atoms with E-state index in [0.29, 0.717) is 13.0 Å². The zero-order valence-electron chi connectivity index (χ0n) is 28.9. The number of halogens is 3. The summed E-state index contributed by atoms with van der Waals surface area (Å²) in [7, 11) is 0. The van der Waals surface area contributed by atoms with Gasteiger partial charge in [-0.25, -0.2) is 4.79 Å². The van der Waals surface area contributed by atoms with Gasteiger partial charge in [0.1, 0.15) is 24.9 Å². The van der Waals surface area contributed by atoms with Crippen molar-refractivity contribution in [2.75, 3.05) is 19.8 Å². The Labute approximate surface area is 303 Å². The predicted octanol–water partition coefficient (Wildman–Crippen LogP) is 8.96. The lowest BCUT2D eigenvalue weighted by Crippen LogP contribution is -2.66. The number of carbonyl (C=O) groups is 2. The zero-order valence-corrected chi connectivity index (χ0v) is 31.1. The van der Waals surface area contributed by atoms with Crippen LogP contribution in [-0.2, 0) is 35.1 Å². The minimum Gasteiger partial charge on any atom is -0.457 e. The summed E-state index contributed by atoms with van der Waals surface area (Å²) in [5, 5.41) is 14.0. The van der Waals surface area contributed by atoms with Crippen LogP contribution in [0.15, 0.2) is 30.3 Å². The highest BCUT2D eigenvalue weighted by Gasteiger charge is 2.49. The number of rotatable bonds is 25. The van der Waals surface area contributed by atoms with E-state index in [0.717, 1.165) is 37.7 Å². The van der Waals surface area contributed by atoms with Gasteiger partial charge in [-0.2, -0.15) is 0 Å². The van der Waals surface area contributed by atoms with E-state index in [2.05, 4.69) is 12.2 Å². The van der Waals surface area contributed by atoms with Crippen LogP contribution in [0, 0.1) is 0 Å². The first-order valence-electron chi connectivity index (χ1n) is 17.9. The Morgan fingerprint density at radius 1 is 0.854 bits per heavy atom. The lowest BCUT2D eigenvalue weighted by molar-refractivity contribution is -0.278. The fourth-order valence-electron chi connectivity index (χ4n) is 5.51. The van der Waals surface area contributed by atoms with Crippen molar-refractivity contribution in [3.05, 3.63) is 35.9 Å². The van der Waals surface area contributed by atoms with Crippen LogP contribution in [0.3, 0.4) is 0 Å². The van der Waals surface area contributed by atoms with Crippen LogP contribution in [-0.4, -0.2) is 71.4 Å². The van der Waals surface area contributed by atoms with Crippen molar-refractivity contribution in [3.63, 3.8) is 0 Å². The van der Waals surface area contributed by atoms with Crippen molar-refractivity contribution in [2.24, 2.45) is 0 Å². The molecule has 276 valence electrons. The molecule has 0 aromatic heterocycles. The molecule has 0 spiro atoms. The molecule has 48 heavy (non-hydrogen) atoms. The topological polar surface area (TPSA) is 113 Å². The maximum Gasteiger partial charge on any atom is 0.407 e. The van der Waals surface area contributed by atoms with E-state index in [1.54, 1.807) is 0 Å². The number of esters is 1. The summed E-state index contributed by atoms with van der Waals surface area (Å²) in [5.74, 6) is -0.488. The number of ether oxygens (including phenoxy) is 5. The smallest absolute Gasteiger partial charge is 0.407 e. The van der Waals surface area contributed by atoms with Gasteiger partial charge in [0.05, 0.1) is 13.2 Å². The molecule has 1 aliphatic heterocycles. The van der Waals surface area contributed by atoms with E-state index < -0.39 is 53.1 Å². The Bertz CT molecular complexity index is 984. The van der Waals surface area contributed by atoms with Crippen molar-refractivity contribution in [1.82, 2.24) is 5.32 Å². The maximum atomic E-state index is 13.1. The molecule has 1 saturated heterocycles. The van der Waals surface area contributed by atoms with E-state index in [9.17, 15) is 14.7 Å². The first kappa shape index (κ1) is 42.8. The maximum absolute atomic E-state index is 13.1. The highest BCUT2D eigenvalue weighted by Crippen LogP contribution is 2.28. The predicted molar refractivity (Wildman–Crippen MR) is 190 cm³/mol. The van der Waals surface area contributed by atoms with Gasteiger partial charge in [0.15, 0.2) is 12.4 Å². The largest absolute Gasteiger partial charge is 0.457 e. The summed E-state index contributed by atoms with van der Waals surface area (Å²) in [6.45, 7) is 4.43. The first-order valence-corrected chi connectivity index (χ1v) is 19.0. The first-order chi connectivity index (χ1) is 23.1. The van der Waals surface area contributed by atoms with Gasteiger partial charge in [0.25, 0.3) is 0 Å². The van der Waals surface area contributed by atoms with Crippen LogP contribution in [0.1, 0.15) is 122 Å². The third-order valence-corrected chi connectivity index (χ3v) is 8.59. The minimum atomic E-state index is -1.83. The van der Waals surface area contributed by atoms with Crippen LogP contribution in [0.5, 0.6) is 0 Å². The van der Waals surface area contributed by atoms with E-state index in [1.165, 1.54) is 57.8 Å². The molecular weight excluding hydrogens is 681 g/mol. The number of alkyl halides is 3. The molecule has 5 atom stereocenters. The van der Waals surface area contributed by atoms with Gasteiger partial charge in [0.2, 0.25) is 3.79 Å². The lowest BCUT2D eigenvalue weighted by Gasteiger charge is -2.44. The van der Waals surface area contributed by atoms with E-state index in [-0.39, 0.29) is 19.6 Å². The molecule has 0 bridgehead atoms. The van der Waals surface area contributed by atoms with Crippen molar-refractivity contribution < 1.29 is 38.4 Å². The van der Waals surface area contributed by atoms with Crippen molar-refractivity contribution in [1.29, 1.82) is 0 Å². The number of benzene rings is 1. The van der Waals surface area contributed by atoms with E-state index in [4.69, 9.17) is 58.5 Å². The summed E-state index contributed by atoms with van der Waals surface area (Å²) >= 11 is 17.3. The highest BCUT2D eigenvalue weighted by molar-refractivity contribution is 6.67. The average molecular weight is 739 g/mol. The van der Waals surface area contributed by atoms with Crippen LogP contribution < -0.4 is 5.32 Å². The average Bonchev–Trinajstić information content (AvgIpc) is 3.06. The number of hydrogen-bond acceptors (Lipinski definition) is 8. The Balaban J connectivity index is 1.98. The van der Waals surface area contributed by atoms with Gasteiger partial charge in [-0.05, 0) is 18.4 Å². The standard InChI is InChI=1S/C36H58Cl3NO8/c1-3-5-7-8-9-10-11-12-13-14-15-16-20-23-30(41)48-33-31(40-35(43)46-27-36(37,38)39)34(45-25-28-21-18-17-19-22-28)47-29(32(33)42)26-44-24-6-4-2/h17-19,21-22,29,31-34,42H,3-16,20,23-27H2,1-2H3,(H,40,43)/t29?,31-,32+,33?,34-/m0/s1. The molecule has 1 heterocycles. The second-order valence-electron chi connectivity index (χ2n) is 12.6. The molecule has 1 aliphatic rings. The number of alkyl carbamates (subject to hydrolysis) is 1. The van der Waals surface area contributed by atoms with Crippen molar-refractivity contribution in [2.45, 2.75) is 158 Å². The quantitative estimate of drug-likeness (QED) is 0.0581. The second-order valence-corrected chi connectivity index (χ2v) is 15.1. The fourth-order valence-corrected chi connectivity index (χ4v) is 5.68. The van der Waals surface area contributed by atoms with Crippen molar-refractivity contribution >= 4 is 46.9 Å². The molecule has 2 unspecified atom stereocenters. The van der Waals surface area contributed by atoms with Gasteiger partial charge in [-0.3, -0.25) is 4.79 Å². The number of hydrogen-bond donors (Lipinski definition) is 2. The molecule has 2 rings (SSSR count).